The lowest BCUT2D eigenvalue weighted by Crippen LogP contribution is -2.35. The zero-order valence-electron chi connectivity index (χ0n) is 8.59. The van der Waals surface area contributed by atoms with Crippen LogP contribution in [0.15, 0.2) is 0 Å². The standard InChI is InChI=1S/C10H18ClNO/c1-7(2)8(3)10(13)12-5-4-9(11)6-12/h7-9H,4-6H2,1-3H3. The van der Waals surface area contributed by atoms with Crippen molar-refractivity contribution in [3.8, 4) is 0 Å². The molecule has 0 saturated carbocycles. The lowest BCUT2D eigenvalue weighted by Gasteiger charge is -2.22. The van der Waals surface area contributed by atoms with Gasteiger partial charge in [-0.15, -0.1) is 11.6 Å². The third kappa shape index (κ3) is 2.60. The summed E-state index contributed by atoms with van der Waals surface area (Å²) >= 11 is 5.94. The van der Waals surface area contributed by atoms with E-state index in [1.807, 2.05) is 11.8 Å². The van der Waals surface area contributed by atoms with Gasteiger partial charge in [-0.25, -0.2) is 0 Å². The molecule has 13 heavy (non-hydrogen) atoms. The zero-order chi connectivity index (χ0) is 10.0. The largest absolute Gasteiger partial charge is 0.341 e. The van der Waals surface area contributed by atoms with E-state index in [0.717, 1.165) is 19.5 Å². The minimum absolute atomic E-state index is 0.127. The smallest absolute Gasteiger partial charge is 0.225 e. The predicted octanol–water partition coefficient (Wildman–Crippen LogP) is 2.12. The molecular weight excluding hydrogens is 186 g/mol. The molecular formula is C10H18ClNO. The fraction of sp³-hybridized carbons (Fsp3) is 0.900. The highest BCUT2D eigenvalue weighted by molar-refractivity contribution is 6.21. The minimum atomic E-state index is 0.127. The Morgan fingerprint density at radius 3 is 2.46 bits per heavy atom. The van der Waals surface area contributed by atoms with Gasteiger partial charge in [-0.3, -0.25) is 4.79 Å². The van der Waals surface area contributed by atoms with Gasteiger partial charge in [-0.1, -0.05) is 20.8 Å². The Kier molecular flexibility index (Phi) is 3.60. The predicted molar refractivity (Wildman–Crippen MR) is 54.8 cm³/mol. The summed E-state index contributed by atoms with van der Waals surface area (Å²) < 4.78 is 0. The summed E-state index contributed by atoms with van der Waals surface area (Å²) in [4.78, 5) is 13.7. The number of nitrogens with zero attached hydrogens (tertiary/aromatic N) is 1. The first kappa shape index (κ1) is 10.8. The van der Waals surface area contributed by atoms with Crippen LogP contribution in [-0.4, -0.2) is 29.3 Å². The van der Waals surface area contributed by atoms with Gasteiger partial charge in [0, 0.05) is 19.0 Å². The SMILES string of the molecule is CC(C)C(C)C(=O)N1CCC(Cl)C1. The lowest BCUT2D eigenvalue weighted by molar-refractivity contribution is -0.135. The molecule has 2 nitrogen and oxygen atoms in total. The van der Waals surface area contributed by atoms with Gasteiger partial charge in [0.05, 0.1) is 5.38 Å². The monoisotopic (exact) mass is 203 g/mol. The molecule has 0 radical (unpaired) electrons. The fourth-order valence-electron chi connectivity index (χ4n) is 1.49. The van der Waals surface area contributed by atoms with Crippen molar-refractivity contribution < 1.29 is 4.79 Å². The maximum absolute atomic E-state index is 11.8. The second kappa shape index (κ2) is 4.32. The quantitative estimate of drug-likeness (QED) is 0.630. The summed E-state index contributed by atoms with van der Waals surface area (Å²) in [7, 11) is 0. The van der Waals surface area contributed by atoms with Crippen LogP contribution >= 0.6 is 11.6 Å². The first-order valence-electron chi connectivity index (χ1n) is 4.95. The van der Waals surface area contributed by atoms with E-state index in [-0.39, 0.29) is 17.2 Å². The molecule has 1 heterocycles. The number of amides is 1. The van der Waals surface area contributed by atoms with Crippen LogP contribution in [0, 0.1) is 11.8 Å². The van der Waals surface area contributed by atoms with Gasteiger partial charge in [-0.2, -0.15) is 0 Å². The molecule has 3 heteroatoms. The molecule has 0 aromatic rings. The molecule has 2 atom stereocenters. The number of carbonyl (C=O) groups is 1. The molecule has 0 aromatic heterocycles. The van der Waals surface area contributed by atoms with Crippen molar-refractivity contribution in [3.05, 3.63) is 0 Å². The van der Waals surface area contributed by atoms with Gasteiger partial charge in [0.15, 0.2) is 0 Å². The van der Waals surface area contributed by atoms with Crippen molar-refractivity contribution in [2.75, 3.05) is 13.1 Å². The van der Waals surface area contributed by atoms with Crippen LogP contribution in [0.5, 0.6) is 0 Å². The highest BCUT2D eigenvalue weighted by atomic mass is 35.5. The van der Waals surface area contributed by atoms with Crippen molar-refractivity contribution in [3.63, 3.8) is 0 Å². The van der Waals surface area contributed by atoms with Crippen LogP contribution in [0.1, 0.15) is 27.2 Å². The van der Waals surface area contributed by atoms with Crippen molar-refractivity contribution in [2.24, 2.45) is 11.8 Å². The molecule has 1 aliphatic heterocycles. The molecule has 0 spiro atoms. The number of rotatable bonds is 2. The molecule has 1 amide bonds. The van der Waals surface area contributed by atoms with E-state index >= 15 is 0 Å². The summed E-state index contributed by atoms with van der Waals surface area (Å²) in [6.07, 6.45) is 0.943. The number of halogens is 1. The van der Waals surface area contributed by atoms with Crippen LogP contribution in [0.2, 0.25) is 0 Å². The van der Waals surface area contributed by atoms with Gasteiger partial charge in [0.25, 0.3) is 0 Å². The van der Waals surface area contributed by atoms with Crippen LogP contribution in [0.4, 0.5) is 0 Å². The highest BCUT2D eigenvalue weighted by Crippen LogP contribution is 2.20. The third-order valence-corrected chi connectivity index (χ3v) is 3.19. The first-order chi connectivity index (χ1) is 6.02. The zero-order valence-corrected chi connectivity index (χ0v) is 9.34. The van der Waals surface area contributed by atoms with Gasteiger partial charge in [-0.05, 0) is 12.3 Å². The van der Waals surface area contributed by atoms with Crippen LogP contribution < -0.4 is 0 Å². The van der Waals surface area contributed by atoms with E-state index < -0.39 is 0 Å². The van der Waals surface area contributed by atoms with E-state index in [4.69, 9.17) is 11.6 Å². The highest BCUT2D eigenvalue weighted by Gasteiger charge is 2.28. The number of alkyl halides is 1. The molecule has 1 saturated heterocycles. The van der Waals surface area contributed by atoms with Crippen molar-refractivity contribution in [2.45, 2.75) is 32.6 Å². The van der Waals surface area contributed by atoms with Crippen LogP contribution in [0.25, 0.3) is 0 Å². The molecule has 1 aliphatic rings. The Bertz CT molecular complexity index is 193. The summed E-state index contributed by atoms with van der Waals surface area (Å²) in [5.41, 5.74) is 0. The molecule has 1 rings (SSSR count). The lowest BCUT2D eigenvalue weighted by atomic mass is 9.97. The van der Waals surface area contributed by atoms with Gasteiger partial charge in [0.1, 0.15) is 0 Å². The van der Waals surface area contributed by atoms with E-state index in [0.29, 0.717) is 5.92 Å². The average Bonchev–Trinajstić information content (AvgIpc) is 2.49. The molecule has 0 aromatic carbocycles. The van der Waals surface area contributed by atoms with Crippen LogP contribution in [-0.2, 0) is 4.79 Å². The van der Waals surface area contributed by atoms with Crippen molar-refractivity contribution in [1.29, 1.82) is 0 Å². The van der Waals surface area contributed by atoms with E-state index in [1.54, 1.807) is 0 Å². The molecule has 2 unspecified atom stereocenters. The van der Waals surface area contributed by atoms with Gasteiger partial charge in [0.2, 0.25) is 5.91 Å². The Hall–Kier alpha value is -0.240. The molecule has 0 bridgehead atoms. The maximum Gasteiger partial charge on any atom is 0.225 e. The van der Waals surface area contributed by atoms with Gasteiger partial charge < -0.3 is 4.90 Å². The molecule has 0 aliphatic carbocycles. The van der Waals surface area contributed by atoms with E-state index in [1.165, 1.54) is 0 Å². The third-order valence-electron chi connectivity index (χ3n) is 2.83. The Morgan fingerprint density at radius 2 is 2.08 bits per heavy atom. The average molecular weight is 204 g/mol. The van der Waals surface area contributed by atoms with E-state index in [2.05, 4.69) is 13.8 Å². The van der Waals surface area contributed by atoms with E-state index in [9.17, 15) is 4.79 Å². The summed E-state index contributed by atoms with van der Waals surface area (Å²) in [6.45, 7) is 7.73. The van der Waals surface area contributed by atoms with Gasteiger partial charge >= 0.3 is 0 Å². The fourth-order valence-corrected chi connectivity index (χ4v) is 1.76. The maximum atomic E-state index is 11.8. The summed E-state index contributed by atoms with van der Waals surface area (Å²) in [6, 6.07) is 0. The molecule has 0 N–H and O–H groups in total. The normalized spacial score (nSPS) is 25.3. The van der Waals surface area contributed by atoms with Crippen molar-refractivity contribution in [1.82, 2.24) is 4.90 Å². The number of hydrogen-bond acceptors (Lipinski definition) is 1. The number of carbonyl (C=O) groups excluding carboxylic acids is 1. The number of likely N-dealkylation sites (tertiary alicyclic amines) is 1. The van der Waals surface area contributed by atoms with Crippen molar-refractivity contribution >= 4 is 17.5 Å². The Labute approximate surface area is 85.2 Å². The summed E-state index contributed by atoms with van der Waals surface area (Å²) in [5, 5.41) is 0.170. The minimum Gasteiger partial charge on any atom is -0.341 e. The molecule has 76 valence electrons. The second-order valence-corrected chi connectivity index (χ2v) is 4.82. The topological polar surface area (TPSA) is 20.3 Å². The van der Waals surface area contributed by atoms with Crippen LogP contribution in [0.3, 0.4) is 0 Å². The molecule has 1 fully saturated rings. The second-order valence-electron chi connectivity index (χ2n) is 4.20. The number of hydrogen-bond donors (Lipinski definition) is 0. The summed E-state index contributed by atoms with van der Waals surface area (Å²) in [5.74, 6) is 0.807. The Morgan fingerprint density at radius 1 is 1.46 bits per heavy atom. The first-order valence-corrected chi connectivity index (χ1v) is 5.39. The Balaban J connectivity index is 2.48.